The lowest BCUT2D eigenvalue weighted by Crippen LogP contribution is -2.52. The lowest BCUT2D eigenvalue weighted by atomic mass is 9.77. The van der Waals surface area contributed by atoms with E-state index in [9.17, 15) is 4.79 Å². The average molecular weight is 167 g/mol. The highest BCUT2D eigenvalue weighted by atomic mass is 16.1. The van der Waals surface area contributed by atoms with Crippen molar-refractivity contribution in [3.05, 3.63) is 0 Å². The highest BCUT2D eigenvalue weighted by Gasteiger charge is 2.35. The Labute approximate surface area is 73.7 Å². The molecule has 1 N–H and O–H groups in total. The predicted molar refractivity (Wildman–Crippen MR) is 48.0 cm³/mol. The minimum Gasteiger partial charge on any atom is -0.310 e. The first-order valence-corrected chi connectivity index (χ1v) is 5.06. The molecule has 2 heteroatoms. The normalized spacial score (nSPS) is 42.4. The molecule has 2 rings (SSSR count). The molecule has 2 fully saturated rings. The van der Waals surface area contributed by atoms with Gasteiger partial charge in [-0.3, -0.25) is 4.79 Å². The molecule has 0 spiro atoms. The number of fused-ring (bicyclic) bond motifs is 1. The number of nitrogens with one attached hydrogen (secondary N) is 1. The van der Waals surface area contributed by atoms with E-state index in [0.717, 1.165) is 12.8 Å². The van der Waals surface area contributed by atoms with Crippen molar-refractivity contribution in [2.75, 3.05) is 0 Å². The van der Waals surface area contributed by atoms with Gasteiger partial charge in [-0.25, -0.2) is 0 Å². The maximum Gasteiger partial charge on any atom is 0.139 e. The zero-order valence-corrected chi connectivity index (χ0v) is 7.68. The Morgan fingerprint density at radius 3 is 2.92 bits per heavy atom. The second kappa shape index (κ2) is 3.17. The van der Waals surface area contributed by atoms with Gasteiger partial charge in [0, 0.05) is 24.4 Å². The van der Waals surface area contributed by atoms with Crippen LogP contribution < -0.4 is 5.32 Å². The van der Waals surface area contributed by atoms with Crippen LogP contribution in [0.3, 0.4) is 0 Å². The maximum absolute atomic E-state index is 11.6. The van der Waals surface area contributed by atoms with Crippen molar-refractivity contribution in [3.8, 4) is 0 Å². The lowest BCUT2D eigenvalue weighted by Gasteiger charge is -2.38. The van der Waals surface area contributed by atoms with E-state index in [4.69, 9.17) is 0 Å². The van der Waals surface area contributed by atoms with Crippen LogP contribution in [0.5, 0.6) is 0 Å². The van der Waals surface area contributed by atoms with Crippen LogP contribution >= 0.6 is 0 Å². The van der Waals surface area contributed by atoms with Gasteiger partial charge in [-0.1, -0.05) is 12.8 Å². The SMILES string of the molecule is C[C@H]1CC(=O)[C@H]2CCCC[C@@H]2N1. The number of carbonyl (C=O) groups excluding carboxylic acids is 1. The zero-order valence-electron chi connectivity index (χ0n) is 7.68. The van der Waals surface area contributed by atoms with Gasteiger partial charge < -0.3 is 5.32 Å². The molecular weight excluding hydrogens is 150 g/mol. The van der Waals surface area contributed by atoms with E-state index in [1.54, 1.807) is 0 Å². The molecular formula is C10H17NO. The van der Waals surface area contributed by atoms with Crippen molar-refractivity contribution in [1.82, 2.24) is 5.32 Å². The quantitative estimate of drug-likeness (QED) is 0.592. The fourth-order valence-electron chi connectivity index (χ4n) is 2.59. The molecule has 0 unspecified atom stereocenters. The zero-order chi connectivity index (χ0) is 8.55. The Morgan fingerprint density at radius 2 is 2.08 bits per heavy atom. The van der Waals surface area contributed by atoms with Crippen molar-refractivity contribution in [3.63, 3.8) is 0 Å². The van der Waals surface area contributed by atoms with Crippen LogP contribution in [0.1, 0.15) is 39.0 Å². The minimum atomic E-state index is 0.356. The van der Waals surface area contributed by atoms with E-state index in [1.807, 2.05) is 0 Å². The van der Waals surface area contributed by atoms with E-state index < -0.39 is 0 Å². The first kappa shape index (κ1) is 8.24. The summed E-state index contributed by atoms with van der Waals surface area (Å²) in [6.07, 6.45) is 5.64. The summed E-state index contributed by atoms with van der Waals surface area (Å²) in [6.45, 7) is 2.11. The molecule has 1 heterocycles. The number of carbonyl (C=O) groups is 1. The molecule has 68 valence electrons. The molecule has 2 nitrogen and oxygen atoms in total. The molecule has 12 heavy (non-hydrogen) atoms. The van der Waals surface area contributed by atoms with Crippen molar-refractivity contribution in [2.45, 2.75) is 51.1 Å². The fraction of sp³-hybridized carbons (Fsp3) is 0.900. The van der Waals surface area contributed by atoms with E-state index in [1.165, 1.54) is 19.3 Å². The first-order valence-electron chi connectivity index (χ1n) is 5.06. The molecule has 0 bridgehead atoms. The van der Waals surface area contributed by atoms with Crippen LogP contribution in [0.25, 0.3) is 0 Å². The maximum atomic E-state index is 11.6. The van der Waals surface area contributed by atoms with Gasteiger partial charge >= 0.3 is 0 Å². The molecule has 1 aliphatic carbocycles. The Morgan fingerprint density at radius 1 is 1.33 bits per heavy atom. The number of Topliss-reactive ketones (excluding diaryl/α,β-unsaturated/α-hetero) is 1. The van der Waals surface area contributed by atoms with Crippen molar-refractivity contribution in [1.29, 1.82) is 0 Å². The Hall–Kier alpha value is -0.370. The third-order valence-corrected chi connectivity index (χ3v) is 3.19. The molecule has 0 aromatic heterocycles. The lowest BCUT2D eigenvalue weighted by molar-refractivity contribution is -0.127. The van der Waals surface area contributed by atoms with E-state index in [-0.39, 0.29) is 0 Å². The molecule has 0 aromatic carbocycles. The van der Waals surface area contributed by atoms with Gasteiger partial charge in [-0.05, 0) is 19.8 Å². The predicted octanol–water partition coefficient (Wildman–Crippen LogP) is 1.50. The van der Waals surface area contributed by atoms with Crippen molar-refractivity contribution in [2.24, 2.45) is 5.92 Å². The average Bonchev–Trinajstić information content (AvgIpc) is 2.04. The second-order valence-electron chi connectivity index (χ2n) is 4.24. The number of piperidine rings is 1. The number of hydrogen-bond acceptors (Lipinski definition) is 2. The van der Waals surface area contributed by atoms with Gasteiger partial charge in [0.05, 0.1) is 0 Å². The van der Waals surface area contributed by atoms with Gasteiger partial charge in [0.25, 0.3) is 0 Å². The summed E-state index contributed by atoms with van der Waals surface area (Å²) in [5.41, 5.74) is 0. The Kier molecular flexibility index (Phi) is 2.18. The summed E-state index contributed by atoms with van der Waals surface area (Å²) in [5, 5.41) is 3.53. The smallest absolute Gasteiger partial charge is 0.139 e. The van der Waals surface area contributed by atoms with Crippen molar-refractivity contribution >= 4 is 5.78 Å². The standard InChI is InChI=1S/C10H17NO/c1-7-6-10(12)8-4-2-3-5-9(8)11-7/h7-9,11H,2-6H2,1H3/t7-,8-,9-/m0/s1. The van der Waals surface area contributed by atoms with Crippen LogP contribution in [0.15, 0.2) is 0 Å². The molecule has 0 amide bonds. The van der Waals surface area contributed by atoms with Crippen LogP contribution in [-0.4, -0.2) is 17.9 Å². The van der Waals surface area contributed by atoms with E-state index >= 15 is 0 Å². The van der Waals surface area contributed by atoms with E-state index in [2.05, 4.69) is 12.2 Å². The number of ketones is 1. The summed E-state index contributed by atoms with van der Waals surface area (Å²) < 4.78 is 0. The molecule has 0 radical (unpaired) electrons. The monoisotopic (exact) mass is 167 g/mol. The highest BCUT2D eigenvalue weighted by Crippen LogP contribution is 2.29. The molecule has 1 aliphatic heterocycles. The minimum absolute atomic E-state index is 0.356. The van der Waals surface area contributed by atoms with Gasteiger partial charge in [0.15, 0.2) is 0 Å². The highest BCUT2D eigenvalue weighted by molar-refractivity contribution is 5.83. The van der Waals surface area contributed by atoms with Gasteiger partial charge in [-0.2, -0.15) is 0 Å². The fourth-order valence-corrected chi connectivity index (χ4v) is 2.59. The van der Waals surface area contributed by atoms with E-state index in [0.29, 0.717) is 23.8 Å². The third-order valence-electron chi connectivity index (χ3n) is 3.19. The van der Waals surface area contributed by atoms with Crippen molar-refractivity contribution < 1.29 is 4.79 Å². The number of rotatable bonds is 0. The Balaban J connectivity index is 2.06. The summed E-state index contributed by atoms with van der Waals surface area (Å²) in [4.78, 5) is 11.6. The van der Waals surface area contributed by atoms with Crippen LogP contribution in [0.2, 0.25) is 0 Å². The largest absolute Gasteiger partial charge is 0.310 e. The van der Waals surface area contributed by atoms with Crippen LogP contribution in [-0.2, 0) is 4.79 Å². The summed E-state index contributed by atoms with van der Waals surface area (Å²) >= 11 is 0. The molecule has 3 atom stereocenters. The third kappa shape index (κ3) is 1.40. The number of hydrogen-bond donors (Lipinski definition) is 1. The summed E-state index contributed by atoms with van der Waals surface area (Å²) in [5.74, 6) is 0.862. The van der Waals surface area contributed by atoms with Crippen LogP contribution in [0, 0.1) is 5.92 Å². The topological polar surface area (TPSA) is 29.1 Å². The molecule has 1 saturated heterocycles. The molecule has 0 aromatic rings. The Bertz CT molecular complexity index is 190. The first-order chi connectivity index (χ1) is 5.77. The summed E-state index contributed by atoms with van der Waals surface area (Å²) in [7, 11) is 0. The summed E-state index contributed by atoms with van der Waals surface area (Å²) in [6, 6.07) is 0.923. The van der Waals surface area contributed by atoms with Gasteiger partial charge in [0.2, 0.25) is 0 Å². The van der Waals surface area contributed by atoms with Crippen LogP contribution in [0.4, 0.5) is 0 Å². The van der Waals surface area contributed by atoms with Gasteiger partial charge in [-0.15, -0.1) is 0 Å². The molecule has 2 aliphatic rings. The van der Waals surface area contributed by atoms with Gasteiger partial charge in [0.1, 0.15) is 5.78 Å². The second-order valence-corrected chi connectivity index (χ2v) is 4.24. The molecule has 1 saturated carbocycles.